The number of hydrogen-bond acceptors (Lipinski definition) is 5. The molecule has 1 aliphatic carbocycles. The second kappa shape index (κ2) is 9.39. The number of nitrogens with one attached hydrogen (secondary N) is 2. The van der Waals surface area contributed by atoms with Gasteiger partial charge in [0.25, 0.3) is 0 Å². The van der Waals surface area contributed by atoms with E-state index in [4.69, 9.17) is 4.74 Å². The van der Waals surface area contributed by atoms with Crippen LogP contribution in [0.2, 0.25) is 0 Å². The molecule has 0 unspecified atom stereocenters. The van der Waals surface area contributed by atoms with Crippen molar-refractivity contribution in [3.05, 3.63) is 0 Å². The van der Waals surface area contributed by atoms with E-state index in [-0.39, 0.29) is 29.9 Å². The Kier molecular flexibility index (Phi) is 7.88. The molecule has 0 radical (unpaired) electrons. The highest BCUT2D eigenvalue weighted by Crippen LogP contribution is 2.25. The Bertz CT molecular complexity index is 489. The number of rotatable bonds is 7. The van der Waals surface area contributed by atoms with Crippen LogP contribution in [0.4, 0.5) is 0 Å². The van der Waals surface area contributed by atoms with Gasteiger partial charge >= 0.3 is 5.97 Å². The molecule has 2 amide bonds. The van der Waals surface area contributed by atoms with Crippen LogP contribution in [0.15, 0.2) is 0 Å². The minimum absolute atomic E-state index is 0.0926. The van der Waals surface area contributed by atoms with Crippen LogP contribution in [0.3, 0.4) is 0 Å². The van der Waals surface area contributed by atoms with Gasteiger partial charge in [0.2, 0.25) is 11.8 Å². The van der Waals surface area contributed by atoms with Crippen LogP contribution in [-0.2, 0) is 23.9 Å². The van der Waals surface area contributed by atoms with Gasteiger partial charge in [0.05, 0.1) is 7.11 Å². The lowest BCUT2D eigenvalue weighted by Crippen LogP contribution is -2.54. The van der Waals surface area contributed by atoms with E-state index in [1.54, 1.807) is 0 Å². The van der Waals surface area contributed by atoms with E-state index in [0.29, 0.717) is 25.7 Å². The quantitative estimate of drug-likeness (QED) is 0.672. The van der Waals surface area contributed by atoms with E-state index in [1.165, 1.54) is 14.0 Å². The number of methoxy groups -OCH3 is 1. The Balaban J connectivity index is 2.86. The van der Waals surface area contributed by atoms with Gasteiger partial charge in [0.1, 0.15) is 17.9 Å². The number of amides is 2. The minimum Gasteiger partial charge on any atom is -0.467 e. The summed E-state index contributed by atoms with van der Waals surface area (Å²) < 4.78 is 4.79. The number of esters is 1. The van der Waals surface area contributed by atoms with E-state index in [2.05, 4.69) is 10.6 Å². The summed E-state index contributed by atoms with van der Waals surface area (Å²) in [5.74, 6) is -1.27. The Morgan fingerprint density at radius 2 is 1.92 bits per heavy atom. The summed E-state index contributed by atoms with van der Waals surface area (Å²) in [6.07, 6.45) is 2.62. The number of ether oxygens (including phenoxy) is 1. The second-order valence-corrected chi connectivity index (χ2v) is 6.79. The van der Waals surface area contributed by atoms with E-state index in [9.17, 15) is 19.2 Å². The van der Waals surface area contributed by atoms with Crippen LogP contribution < -0.4 is 10.6 Å². The maximum atomic E-state index is 12.6. The van der Waals surface area contributed by atoms with Gasteiger partial charge in [0, 0.05) is 19.8 Å². The number of Topliss-reactive ketones (excluding diaryl/α,β-unsaturated/α-hetero) is 1. The fourth-order valence-corrected chi connectivity index (χ4v) is 3.04. The number of hydrogen-bond donors (Lipinski definition) is 2. The predicted octanol–water partition coefficient (Wildman–Crippen LogP) is 0.954. The molecule has 7 heteroatoms. The highest BCUT2D eigenvalue weighted by atomic mass is 16.5. The van der Waals surface area contributed by atoms with E-state index >= 15 is 0 Å². The van der Waals surface area contributed by atoms with Gasteiger partial charge < -0.3 is 15.4 Å². The molecule has 1 saturated carbocycles. The monoisotopic (exact) mass is 340 g/mol. The van der Waals surface area contributed by atoms with Crippen LogP contribution in [-0.4, -0.2) is 42.8 Å². The van der Waals surface area contributed by atoms with Crippen molar-refractivity contribution in [3.63, 3.8) is 0 Å². The second-order valence-electron chi connectivity index (χ2n) is 6.79. The predicted molar refractivity (Wildman–Crippen MR) is 88.0 cm³/mol. The Morgan fingerprint density at radius 3 is 2.42 bits per heavy atom. The first kappa shape index (κ1) is 20.1. The standard InChI is InChI=1S/C17H28N2O5/c1-10(2)8-14(18-11(3)20)16(22)19-15(17(23)24-4)12-6-5-7-13(21)9-12/h10,12,14-15H,5-9H2,1-4H3,(H,18,20)(H,19,22)/t12-,14+,15-/m1/s1. The molecule has 0 spiro atoms. The fraction of sp³-hybridized carbons (Fsp3) is 0.765. The van der Waals surface area contributed by atoms with Crippen molar-refractivity contribution < 1.29 is 23.9 Å². The SMILES string of the molecule is COC(=O)[C@H](NC(=O)[C@H](CC(C)C)NC(C)=O)[C@@H]1CCCC(=O)C1. The first-order valence-electron chi connectivity index (χ1n) is 8.41. The van der Waals surface area contributed by atoms with Gasteiger partial charge in [0.15, 0.2) is 0 Å². The van der Waals surface area contributed by atoms with Crippen LogP contribution in [0.1, 0.15) is 52.9 Å². The molecule has 1 fully saturated rings. The Hall–Kier alpha value is -1.92. The van der Waals surface area contributed by atoms with Gasteiger partial charge in [-0.2, -0.15) is 0 Å². The Morgan fingerprint density at radius 1 is 1.25 bits per heavy atom. The van der Waals surface area contributed by atoms with Crippen molar-refractivity contribution >= 4 is 23.6 Å². The van der Waals surface area contributed by atoms with Crippen LogP contribution >= 0.6 is 0 Å². The molecule has 2 N–H and O–H groups in total. The molecule has 0 aromatic carbocycles. The summed E-state index contributed by atoms with van der Waals surface area (Å²) in [7, 11) is 1.26. The van der Waals surface area contributed by atoms with Crippen molar-refractivity contribution in [2.24, 2.45) is 11.8 Å². The molecule has 0 aliphatic heterocycles. The number of carbonyl (C=O) groups is 4. The van der Waals surface area contributed by atoms with Gasteiger partial charge in [-0.05, 0) is 31.1 Å². The average molecular weight is 340 g/mol. The molecule has 136 valence electrons. The summed E-state index contributed by atoms with van der Waals surface area (Å²) in [6, 6.07) is -1.58. The average Bonchev–Trinajstić information content (AvgIpc) is 2.50. The molecule has 0 heterocycles. The van der Waals surface area contributed by atoms with Crippen molar-refractivity contribution in [3.8, 4) is 0 Å². The van der Waals surface area contributed by atoms with Crippen molar-refractivity contribution in [2.75, 3.05) is 7.11 Å². The third-order valence-corrected chi connectivity index (χ3v) is 4.15. The first-order chi connectivity index (χ1) is 11.2. The maximum absolute atomic E-state index is 12.6. The summed E-state index contributed by atoms with van der Waals surface area (Å²) in [6.45, 7) is 5.23. The molecular weight excluding hydrogens is 312 g/mol. The van der Waals surface area contributed by atoms with Gasteiger partial charge in [-0.3, -0.25) is 14.4 Å². The van der Waals surface area contributed by atoms with E-state index < -0.39 is 24.0 Å². The molecule has 1 aliphatic rings. The van der Waals surface area contributed by atoms with Crippen LogP contribution in [0.5, 0.6) is 0 Å². The van der Waals surface area contributed by atoms with E-state index in [1.807, 2.05) is 13.8 Å². The van der Waals surface area contributed by atoms with Crippen molar-refractivity contribution in [1.29, 1.82) is 0 Å². The number of ketones is 1. The normalized spacial score (nSPS) is 20.2. The largest absolute Gasteiger partial charge is 0.467 e. The minimum atomic E-state index is -0.866. The molecule has 0 saturated heterocycles. The van der Waals surface area contributed by atoms with Gasteiger partial charge in [-0.15, -0.1) is 0 Å². The molecule has 1 rings (SSSR count). The highest BCUT2D eigenvalue weighted by molar-refractivity contribution is 5.91. The maximum Gasteiger partial charge on any atom is 0.328 e. The molecule has 0 aromatic heterocycles. The molecule has 0 bridgehead atoms. The van der Waals surface area contributed by atoms with Crippen LogP contribution in [0.25, 0.3) is 0 Å². The molecule has 0 aromatic rings. The van der Waals surface area contributed by atoms with Gasteiger partial charge in [-0.25, -0.2) is 4.79 Å². The molecule has 7 nitrogen and oxygen atoms in total. The third-order valence-electron chi connectivity index (χ3n) is 4.15. The van der Waals surface area contributed by atoms with Crippen molar-refractivity contribution in [2.45, 2.75) is 65.0 Å². The Labute approximate surface area is 142 Å². The summed E-state index contributed by atoms with van der Waals surface area (Å²) in [4.78, 5) is 47.6. The smallest absolute Gasteiger partial charge is 0.328 e. The molecule has 24 heavy (non-hydrogen) atoms. The topological polar surface area (TPSA) is 102 Å². The zero-order valence-corrected chi connectivity index (χ0v) is 14.9. The summed E-state index contributed by atoms with van der Waals surface area (Å²) in [5, 5.41) is 5.30. The van der Waals surface area contributed by atoms with Crippen LogP contribution in [0, 0.1) is 11.8 Å². The lowest BCUT2D eigenvalue weighted by atomic mass is 9.83. The van der Waals surface area contributed by atoms with E-state index in [0.717, 1.165) is 0 Å². The molecular formula is C17H28N2O5. The fourth-order valence-electron chi connectivity index (χ4n) is 3.04. The highest BCUT2D eigenvalue weighted by Gasteiger charge is 2.35. The zero-order chi connectivity index (χ0) is 18.3. The van der Waals surface area contributed by atoms with Gasteiger partial charge in [-0.1, -0.05) is 13.8 Å². The zero-order valence-electron chi connectivity index (χ0n) is 14.9. The number of carbonyl (C=O) groups excluding carboxylic acids is 4. The summed E-state index contributed by atoms with van der Waals surface area (Å²) >= 11 is 0. The lowest BCUT2D eigenvalue weighted by molar-refractivity contribution is -0.147. The lowest BCUT2D eigenvalue weighted by Gasteiger charge is -2.30. The third kappa shape index (κ3) is 6.29. The summed E-state index contributed by atoms with van der Waals surface area (Å²) in [5.41, 5.74) is 0. The van der Waals surface area contributed by atoms with Crippen molar-refractivity contribution in [1.82, 2.24) is 10.6 Å². The first-order valence-corrected chi connectivity index (χ1v) is 8.41. The molecule has 3 atom stereocenters.